The summed E-state index contributed by atoms with van der Waals surface area (Å²) in [6, 6.07) is -0.794. The number of hydrogen-bond acceptors (Lipinski definition) is 8. The highest BCUT2D eigenvalue weighted by molar-refractivity contribution is 5.76. The predicted molar refractivity (Wildman–Crippen MR) is 175 cm³/mol. The lowest BCUT2D eigenvalue weighted by Gasteiger charge is -2.40. The fourth-order valence-corrected chi connectivity index (χ4v) is 5.62. The molecule has 1 fully saturated rings. The van der Waals surface area contributed by atoms with Crippen LogP contribution in [0.1, 0.15) is 149 Å². The first-order valence-electron chi connectivity index (χ1n) is 17.9. The molecule has 1 heterocycles. The molecule has 9 nitrogen and oxygen atoms in total. The number of aliphatic hydroxyl groups excluding tert-OH is 5. The minimum atomic E-state index is -1.56. The quantitative estimate of drug-likeness (QED) is 0.0495. The highest BCUT2D eigenvalue weighted by atomic mass is 16.7. The van der Waals surface area contributed by atoms with Gasteiger partial charge < -0.3 is 40.3 Å². The molecule has 1 amide bonds. The van der Waals surface area contributed by atoms with Crippen molar-refractivity contribution in [1.29, 1.82) is 0 Å². The van der Waals surface area contributed by atoms with Crippen LogP contribution in [0.2, 0.25) is 0 Å². The molecule has 1 aliphatic heterocycles. The first kappa shape index (κ1) is 41.0. The first-order valence-corrected chi connectivity index (χ1v) is 17.9. The summed E-state index contributed by atoms with van der Waals surface area (Å²) >= 11 is 0. The van der Waals surface area contributed by atoms with E-state index in [1.807, 2.05) is 6.08 Å². The third-order valence-electron chi connectivity index (χ3n) is 8.61. The summed E-state index contributed by atoms with van der Waals surface area (Å²) < 4.78 is 11.1. The predicted octanol–water partition coefficient (Wildman–Crippen LogP) is 5.44. The standard InChI is InChI=1S/C35H67NO8/c1-3-5-7-9-11-13-14-15-16-17-18-20-22-24-29(38)28(36-31(39)25-23-21-19-12-10-8-6-4-2)27-43-35-34(42)33(41)32(40)30(26-37)44-35/h22,24,28-30,32-35,37-38,40-42H,3-21,23,25-27H2,1-2H3,(H,36,39)/b24-22+/t28-,29+,30+,32+,33?,34?,35+/m0/s1. The molecule has 0 aliphatic carbocycles. The van der Waals surface area contributed by atoms with Crippen LogP contribution in [-0.4, -0.2) is 87.5 Å². The van der Waals surface area contributed by atoms with Crippen LogP contribution in [0.5, 0.6) is 0 Å². The molecule has 1 rings (SSSR count). The van der Waals surface area contributed by atoms with Crippen LogP contribution >= 0.6 is 0 Å². The van der Waals surface area contributed by atoms with Gasteiger partial charge in [0, 0.05) is 6.42 Å². The monoisotopic (exact) mass is 629 g/mol. The Balaban J connectivity index is 2.50. The Morgan fingerprint density at radius 2 is 1.25 bits per heavy atom. The van der Waals surface area contributed by atoms with E-state index in [0.717, 1.165) is 38.5 Å². The van der Waals surface area contributed by atoms with E-state index in [2.05, 4.69) is 19.2 Å². The van der Waals surface area contributed by atoms with E-state index in [0.29, 0.717) is 6.42 Å². The first-order chi connectivity index (χ1) is 21.3. The third kappa shape index (κ3) is 18.8. The Morgan fingerprint density at radius 3 is 1.77 bits per heavy atom. The summed E-state index contributed by atoms with van der Waals surface area (Å²) in [4.78, 5) is 12.7. The number of ether oxygens (including phenoxy) is 2. The fourth-order valence-electron chi connectivity index (χ4n) is 5.62. The van der Waals surface area contributed by atoms with Gasteiger partial charge in [-0.1, -0.05) is 135 Å². The normalized spacial score (nSPS) is 23.7. The van der Waals surface area contributed by atoms with E-state index >= 15 is 0 Å². The zero-order valence-corrected chi connectivity index (χ0v) is 27.9. The molecule has 1 aliphatic rings. The van der Waals surface area contributed by atoms with Gasteiger partial charge in [-0.3, -0.25) is 4.79 Å². The molecule has 0 aromatic heterocycles. The Morgan fingerprint density at radius 1 is 0.750 bits per heavy atom. The van der Waals surface area contributed by atoms with Gasteiger partial charge in [0.1, 0.15) is 24.4 Å². The highest BCUT2D eigenvalue weighted by Crippen LogP contribution is 2.22. The largest absolute Gasteiger partial charge is 0.394 e. The molecular formula is C35H67NO8. The summed E-state index contributed by atoms with van der Waals surface area (Å²) in [6.45, 7) is 3.70. The van der Waals surface area contributed by atoms with Gasteiger partial charge in [0.2, 0.25) is 5.91 Å². The molecule has 260 valence electrons. The minimum absolute atomic E-state index is 0.184. The van der Waals surface area contributed by atoms with Crippen LogP contribution in [0, 0.1) is 0 Å². The van der Waals surface area contributed by atoms with Crippen LogP contribution in [-0.2, 0) is 14.3 Å². The lowest BCUT2D eigenvalue weighted by molar-refractivity contribution is -0.302. The zero-order chi connectivity index (χ0) is 32.4. The van der Waals surface area contributed by atoms with Crippen LogP contribution in [0.3, 0.4) is 0 Å². The van der Waals surface area contributed by atoms with Crippen molar-refractivity contribution in [2.24, 2.45) is 0 Å². The Hall–Kier alpha value is -1.07. The van der Waals surface area contributed by atoms with Crippen molar-refractivity contribution in [2.45, 2.75) is 192 Å². The Labute approximate surface area is 267 Å². The van der Waals surface area contributed by atoms with Gasteiger partial charge in [0.25, 0.3) is 0 Å². The topological polar surface area (TPSA) is 149 Å². The number of amides is 1. The van der Waals surface area contributed by atoms with E-state index in [9.17, 15) is 30.3 Å². The molecule has 7 atom stereocenters. The molecule has 0 aromatic rings. The van der Waals surface area contributed by atoms with Crippen molar-refractivity contribution in [3.63, 3.8) is 0 Å². The van der Waals surface area contributed by atoms with Crippen molar-refractivity contribution in [3.05, 3.63) is 12.2 Å². The van der Waals surface area contributed by atoms with Crippen LogP contribution in [0.15, 0.2) is 12.2 Å². The third-order valence-corrected chi connectivity index (χ3v) is 8.61. The number of carbonyl (C=O) groups is 1. The van der Waals surface area contributed by atoms with Crippen molar-refractivity contribution in [1.82, 2.24) is 5.32 Å². The SMILES string of the molecule is CCCCCCCCCCCCC/C=C/[C@@H](O)[C@H](CO[C@@H]1O[C@H](CO)[C@@H](O)C(O)C1O)NC(=O)CCCCCCCCCC. The van der Waals surface area contributed by atoms with Gasteiger partial charge in [-0.25, -0.2) is 0 Å². The van der Waals surface area contributed by atoms with Crippen LogP contribution in [0.25, 0.3) is 0 Å². The highest BCUT2D eigenvalue weighted by Gasteiger charge is 2.44. The lowest BCUT2D eigenvalue weighted by Crippen LogP contribution is -2.60. The summed E-state index contributed by atoms with van der Waals surface area (Å²) in [6.07, 6.45) is 19.8. The van der Waals surface area contributed by atoms with E-state index in [1.54, 1.807) is 6.08 Å². The van der Waals surface area contributed by atoms with Crippen molar-refractivity contribution >= 4 is 5.91 Å². The maximum atomic E-state index is 12.7. The number of rotatable bonds is 28. The zero-order valence-electron chi connectivity index (χ0n) is 27.9. The number of aliphatic hydroxyl groups is 5. The van der Waals surface area contributed by atoms with Crippen molar-refractivity contribution in [3.8, 4) is 0 Å². The van der Waals surface area contributed by atoms with Gasteiger partial charge in [0.05, 0.1) is 25.4 Å². The maximum Gasteiger partial charge on any atom is 0.220 e. The van der Waals surface area contributed by atoms with Crippen molar-refractivity contribution in [2.75, 3.05) is 13.2 Å². The molecule has 0 bridgehead atoms. The Bertz CT molecular complexity index is 706. The second-order valence-corrected chi connectivity index (χ2v) is 12.7. The minimum Gasteiger partial charge on any atom is -0.394 e. The van der Waals surface area contributed by atoms with Crippen LogP contribution in [0.4, 0.5) is 0 Å². The van der Waals surface area contributed by atoms with E-state index in [4.69, 9.17) is 9.47 Å². The van der Waals surface area contributed by atoms with Gasteiger partial charge in [0.15, 0.2) is 6.29 Å². The molecular weight excluding hydrogens is 562 g/mol. The van der Waals surface area contributed by atoms with E-state index in [1.165, 1.54) is 89.9 Å². The number of nitrogens with one attached hydrogen (secondary N) is 1. The molecule has 0 spiro atoms. The summed E-state index contributed by atoms with van der Waals surface area (Å²) in [5.41, 5.74) is 0. The smallest absolute Gasteiger partial charge is 0.220 e. The molecule has 0 radical (unpaired) electrons. The second-order valence-electron chi connectivity index (χ2n) is 12.7. The second kappa shape index (κ2) is 27.1. The van der Waals surface area contributed by atoms with Crippen molar-refractivity contribution < 1.29 is 39.8 Å². The number of allylic oxidation sites excluding steroid dienone is 1. The lowest BCUT2D eigenvalue weighted by atomic mass is 9.99. The summed E-state index contributed by atoms with van der Waals surface area (Å²) in [5.74, 6) is -0.184. The number of unbranched alkanes of at least 4 members (excludes halogenated alkanes) is 18. The molecule has 6 N–H and O–H groups in total. The van der Waals surface area contributed by atoms with Gasteiger partial charge >= 0.3 is 0 Å². The fraction of sp³-hybridized carbons (Fsp3) is 0.914. The molecule has 0 aromatic carbocycles. The number of hydrogen-bond donors (Lipinski definition) is 6. The summed E-state index contributed by atoms with van der Waals surface area (Å²) in [7, 11) is 0. The molecule has 0 saturated carbocycles. The van der Waals surface area contributed by atoms with E-state index in [-0.39, 0.29) is 12.5 Å². The van der Waals surface area contributed by atoms with Gasteiger partial charge in [-0.15, -0.1) is 0 Å². The average Bonchev–Trinajstić information content (AvgIpc) is 3.02. The van der Waals surface area contributed by atoms with Gasteiger partial charge in [-0.2, -0.15) is 0 Å². The maximum absolute atomic E-state index is 12.7. The summed E-state index contributed by atoms with van der Waals surface area (Å²) in [5, 5.41) is 53.7. The number of carbonyl (C=O) groups excluding carboxylic acids is 1. The molecule has 1 saturated heterocycles. The van der Waals surface area contributed by atoms with Gasteiger partial charge in [-0.05, 0) is 19.3 Å². The molecule has 44 heavy (non-hydrogen) atoms. The molecule has 9 heteroatoms. The Kier molecular flexibility index (Phi) is 25.2. The average molecular weight is 630 g/mol. The molecule has 2 unspecified atom stereocenters. The van der Waals surface area contributed by atoms with Crippen LogP contribution < -0.4 is 5.32 Å². The van der Waals surface area contributed by atoms with E-state index < -0.39 is 49.5 Å².